The molecule has 0 heterocycles. The van der Waals surface area contributed by atoms with Crippen molar-refractivity contribution in [2.45, 2.75) is 32.0 Å². The van der Waals surface area contributed by atoms with Crippen molar-refractivity contribution in [2.24, 2.45) is 0 Å². The second-order valence-electron chi connectivity index (χ2n) is 5.01. The molecule has 0 aliphatic carbocycles. The third-order valence-corrected chi connectivity index (χ3v) is 3.15. The highest BCUT2D eigenvalue weighted by Gasteiger charge is 2.27. The molecule has 1 amide bonds. The molecule has 1 unspecified atom stereocenters. The monoisotopic (exact) mass is 397 g/mol. The third kappa shape index (κ3) is 10.2. The molecule has 0 saturated heterocycles. The summed E-state index contributed by atoms with van der Waals surface area (Å²) >= 11 is 3.33. The molecule has 23 heavy (non-hydrogen) atoms. The Balaban J connectivity index is 2.12. The summed E-state index contributed by atoms with van der Waals surface area (Å²) in [4.78, 5) is 11.6. The van der Waals surface area contributed by atoms with E-state index in [0.29, 0.717) is 18.8 Å². The maximum Gasteiger partial charge on any atom is 0.411 e. The minimum atomic E-state index is -4.35. The van der Waals surface area contributed by atoms with Gasteiger partial charge in [-0.1, -0.05) is 22.0 Å². The molecule has 0 radical (unpaired) electrons. The lowest BCUT2D eigenvalue weighted by molar-refractivity contribution is -0.175. The van der Waals surface area contributed by atoms with Crippen LogP contribution >= 0.6 is 15.9 Å². The maximum absolute atomic E-state index is 11.9. The van der Waals surface area contributed by atoms with Crippen LogP contribution in [-0.4, -0.2) is 37.9 Å². The van der Waals surface area contributed by atoms with Crippen molar-refractivity contribution in [1.29, 1.82) is 0 Å². The van der Waals surface area contributed by atoms with E-state index in [4.69, 9.17) is 4.74 Å². The van der Waals surface area contributed by atoms with Gasteiger partial charge in [0.05, 0.1) is 13.2 Å². The SMILES string of the molecule is CC(COCC(F)(F)F)NC(=O)CCCOc1cccc(Br)c1. The summed E-state index contributed by atoms with van der Waals surface area (Å²) in [5.41, 5.74) is 0. The molecule has 1 aromatic rings. The molecule has 0 saturated carbocycles. The summed E-state index contributed by atoms with van der Waals surface area (Å²) in [5.74, 6) is 0.458. The van der Waals surface area contributed by atoms with Crippen LogP contribution in [0, 0.1) is 0 Å². The Morgan fingerprint density at radius 2 is 2.13 bits per heavy atom. The normalized spacial score (nSPS) is 12.7. The van der Waals surface area contributed by atoms with Crippen LogP contribution in [0.1, 0.15) is 19.8 Å². The summed E-state index contributed by atoms with van der Waals surface area (Å²) in [6, 6.07) is 6.87. The standard InChI is InChI=1S/C15H19BrF3NO3/c1-11(9-22-10-15(17,18)19)20-14(21)6-3-7-23-13-5-2-4-12(16)8-13/h2,4-5,8,11H,3,6-7,9-10H2,1H3,(H,20,21). The lowest BCUT2D eigenvalue weighted by Gasteiger charge is -2.15. The molecule has 1 aromatic carbocycles. The zero-order valence-corrected chi connectivity index (χ0v) is 14.2. The fourth-order valence-corrected chi connectivity index (χ4v) is 2.10. The van der Waals surface area contributed by atoms with Gasteiger partial charge in [0.25, 0.3) is 0 Å². The smallest absolute Gasteiger partial charge is 0.411 e. The van der Waals surface area contributed by atoms with Crippen LogP contribution in [0.4, 0.5) is 13.2 Å². The first-order valence-electron chi connectivity index (χ1n) is 7.08. The highest BCUT2D eigenvalue weighted by Crippen LogP contribution is 2.18. The summed E-state index contributed by atoms with van der Waals surface area (Å²) in [7, 11) is 0. The molecule has 0 aliphatic heterocycles. The van der Waals surface area contributed by atoms with Crippen molar-refractivity contribution < 1.29 is 27.4 Å². The molecule has 4 nitrogen and oxygen atoms in total. The topological polar surface area (TPSA) is 47.6 Å². The lowest BCUT2D eigenvalue weighted by atomic mass is 10.2. The Labute approximate surface area is 141 Å². The van der Waals surface area contributed by atoms with Crippen LogP contribution in [0.3, 0.4) is 0 Å². The van der Waals surface area contributed by atoms with E-state index in [1.807, 2.05) is 24.3 Å². The van der Waals surface area contributed by atoms with Crippen molar-refractivity contribution in [3.8, 4) is 5.75 Å². The minimum absolute atomic E-state index is 0.181. The van der Waals surface area contributed by atoms with E-state index in [9.17, 15) is 18.0 Å². The first kappa shape index (κ1) is 19.8. The number of benzene rings is 1. The van der Waals surface area contributed by atoms with Crippen LogP contribution in [0.15, 0.2) is 28.7 Å². The zero-order chi connectivity index (χ0) is 17.3. The molecular weight excluding hydrogens is 379 g/mol. The van der Waals surface area contributed by atoms with Gasteiger partial charge >= 0.3 is 6.18 Å². The number of ether oxygens (including phenoxy) is 2. The average Bonchev–Trinajstić information content (AvgIpc) is 2.42. The van der Waals surface area contributed by atoms with Crippen LogP contribution in [0.25, 0.3) is 0 Å². The summed E-state index contributed by atoms with van der Waals surface area (Å²) < 4.78 is 46.6. The summed E-state index contributed by atoms with van der Waals surface area (Å²) in [5, 5.41) is 2.58. The molecule has 0 spiro atoms. The average molecular weight is 398 g/mol. The van der Waals surface area contributed by atoms with E-state index in [1.165, 1.54) is 0 Å². The number of hydrogen-bond donors (Lipinski definition) is 1. The Morgan fingerprint density at radius 3 is 2.78 bits per heavy atom. The number of carbonyl (C=O) groups is 1. The van der Waals surface area contributed by atoms with Gasteiger partial charge < -0.3 is 14.8 Å². The Bertz CT molecular complexity index is 497. The van der Waals surface area contributed by atoms with Crippen molar-refractivity contribution >= 4 is 21.8 Å². The molecule has 1 atom stereocenters. The number of nitrogens with one attached hydrogen (secondary N) is 1. The number of carbonyl (C=O) groups excluding carboxylic acids is 1. The van der Waals surface area contributed by atoms with E-state index in [2.05, 4.69) is 26.0 Å². The Hall–Kier alpha value is -1.28. The highest BCUT2D eigenvalue weighted by molar-refractivity contribution is 9.10. The molecule has 1 N–H and O–H groups in total. The molecule has 8 heteroatoms. The fraction of sp³-hybridized carbons (Fsp3) is 0.533. The number of amides is 1. The van der Waals surface area contributed by atoms with E-state index in [-0.39, 0.29) is 18.9 Å². The summed E-state index contributed by atoms with van der Waals surface area (Å²) in [6.07, 6.45) is -3.61. The van der Waals surface area contributed by atoms with Gasteiger partial charge in [-0.25, -0.2) is 0 Å². The van der Waals surface area contributed by atoms with E-state index >= 15 is 0 Å². The van der Waals surface area contributed by atoms with Gasteiger partial charge in [0.15, 0.2) is 0 Å². The molecule has 130 valence electrons. The van der Waals surface area contributed by atoms with Gasteiger partial charge in [-0.2, -0.15) is 13.2 Å². The van der Waals surface area contributed by atoms with Gasteiger partial charge in [-0.3, -0.25) is 4.79 Å². The quantitative estimate of drug-likeness (QED) is 0.646. The van der Waals surface area contributed by atoms with Gasteiger partial charge in [0, 0.05) is 16.9 Å². The lowest BCUT2D eigenvalue weighted by Crippen LogP contribution is -2.36. The molecule has 0 aliphatic rings. The van der Waals surface area contributed by atoms with E-state index in [1.54, 1.807) is 6.92 Å². The van der Waals surface area contributed by atoms with E-state index < -0.39 is 18.8 Å². The molecule has 1 rings (SSSR count). The molecular formula is C15H19BrF3NO3. The second-order valence-corrected chi connectivity index (χ2v) is 5.92. The molecule has 0 fully saturated rings. The van der Waals surface area contributed by atoms with Gasteiger partial charge in [-0.15, -0.1) is 0 Å². The van der Waals surface area contributed by atoms with Crippen LogP contribution in [0.2, 0.25) is 0 Å². The van der Waals surface area contributed by atoms with Crippen molar-refractivity contribution in [2.75, 3.05) is 19.8 Å². The first-order chi connectivity index (χ1) is 10.8. The van der Waals surface area contributed by atoms with Crippen LogP contribution in [0.5, 0.6) is 5.75 Å². The van der Waals surface area contributed by atoms with Crippen molar-refractivity contribution in [3.05, 3.63) is 28.7 Å². The summed E-state index contributed by atoms with van der Waals surface area (Å²) in [6.45, 7) is 0.475. The predicted octanol–water partition coefficient (Wildman–Crippen LogP) is 3.69. The third-order valence-electron chi connectivity index (χ3n) is 2.65. The van der Waals surface area contributed by atoms with Crippen LogP contribution < -0.4 is 10.1 Å². The number of hydrogen-bond acceptors (Lipinski definition) is 3. The minimum Gasteiger partial charge on any atom is -0.494 e. The Morgan fingerprint density at radius 1 is 1.39 bits per heavy atom. The molecule has 0 bridgehead atoms. The zero-order valence-electron chi connectivity index (χ0n) is 12.7. The van der Waals surface area contributed by atoms with Crippen molar-refractivity contribution in [1.82, 2.24) is 5.32 Å². The highest BCUT2D eigenvalue weighted by atomic mass is 79.9. The number of halogens is 4. The Kier molecular flexibility index (Phi) is 8.40. The maximum atomic E-state index is 11.9. The van der Waals surface area contributed by atoms with Crippen LogP contribution in [-0.2, 0) is 9.53 Å². The number of alkyl halides is 3. The first-order valence-corrected chi connectivity index (χ1v) is 7.88. The second kappa shape index (κ2) is 9.77. The van der Waals surface area contributed by atoms with E-state index in [0.717, 1.165) is 4.47 Å². The largest absolute Gasteiger partial charge is 0.494 e. The van der Waals surface area contributed by atoms with Crippen molar-refractivity contribution in [3.63, 3.8) is 0 Å². The van der Waals surface area contributed by atoms with Gasteiger partial charge in [0.2, 0.25) is 5.91 Å². The molecule has 0 aromatic heterocycles. The van der Waals surface area contributed by atoms with Gasteiger partial charge in [0.1, 0.15) is 12.4 Å². The van der Waals surface area contributed by atoms with Gasteiger partial charge in [-0.05, 0) is 31.5 Å². The fourth-order valence-electron chi connectivity index (χ4n) is 1.72. The number of rotatable bonds is 9. The predicted molar refractivity (Wildman–Crippen MR) is 83.3 cm³/mol.